The molecule has 3 aromatic rings. The maximum atomic E-state index is 13.2. The van der Waals surface area contributed by atoms with Crippen LogP contribution in [0.5, 0.6) is 0 Å². The molecule has 4 nitrogen and oxygen atoms in total. The first-order chi connectivity index (χ1) is 10.2. The molecule has 0 saturated carbocycles. The van der Waals surface area contributed by atoms with Crippen molar-refractivity contribution >= 4 is 11.6 Å². The van der Waals surface area contributed by atoms with E-state index in [0.29, 0.717) is 33.2 Å². The Balaban J connectivity index is 2.03. The van der Waals surface area contributed by atoms with Gasteiger partial charge in [-0.3, -0.25) is 4.98 Å². The molecule has 0 aliphatic heterocycles. The van der Waals surface area contributed by atoms with E-state index in [9.17, 15) is 4.39 Å². The molecule has 0 amide bonds. The van der Waals surface area contributed by atoms with Crippen molar-refractivity contribution in [3.8, 4) is 28.7 Å². The van der Waals surface area contributed by atoms with Gasteiger partial charge in [0, 0.05) is 28.4 Å². The van der Waals surface area contributed by atoms with E-state index in [-0.39, 0.29) is 0 Å². The maximum absolute atomic E-state index is 13.2. The molecule has 0 fully saturated rings. The van der Waals surface area contributed by atoms with Gasteiger partial charge in [-0.15, -0.1) is 0 Å². The molecule has 2 heterocycles. The van der Waals surface area contributed by atoms with Crippen LogP contribution in [0.1, 0.15) is 5.56 Å². The number of rotatable bonds is 2. The van der Waals surface area contributed by atoms with E-state index in [1.165, 1.54) is 12.3 Å². The molecule has 3 rings (SSSR count). The molecule has 0 atom stereocenters. The van der Waals surface area contributed by atoms with Gasteiger partial charge in [0.25, 0.3) is 0 Å². The quantitative estimate of drug-likeness (QED) is 0.715. The number of nitrogens with zero attached hydrogens (tertiary/aromatic N) is 3. The highest BCUT2D eigenvalue weighted by atomic mass is 35.5. The Hall–Kier alpha value is -2.71. The Bertz CT molecular complexity index is 854. The summed E-state index contributed by atoms with van der Waals surface area (Å²) in [4.78, 5) is 3.76. The van der Waals surface area contributed by atoms with E-state index in [1.54, 1.807) is 24.3 Å². The fraction of sp³-hybridized carbons (Fsp3) is 0. The van der Waals surface area contributed by atoms with Crippen molar-refractivity contribution in [1.82, 2.24) is 10.1 Å². The third-order valence-corrected chi connectivity index (χ3v) is 3.04. The van der Waals surface area contributed by atoms with Crippen LogP contribution in [0.25, 0.3) is 22.6 Å². The minimum absolute atomic E-state index is 0.419. The molecule has 6 heteroatoms. The van der Waals surface area contributed by atoms with Crippen LogP contribution in [-0.2, 0) is 0 Å². The monoisotopic (exact) mass is 299 g/mol. The van der Waals surface area contributed by atoms with E-state index < -0.39 is 5.82 Å². The second-order valence-corrected chi connectivity index (χ2v) is 4.75. The molecule has 1 aromatic carbocycles. The van der Waals surface area contributed by atoms with Gasteiger partial charge in [-0.2, -0.15) is 5.26 Å². The van der Waals surface area contributed by atoms with Crippen LogP contribution in [0, 0.1) is 17.1 Å². The van der Waals surface area contributed by atoms with Gasteiger partial charge in [0.2, 0.25) is 0 Å². The number of halogens is 2. The summed E-state index contributed by atoms with van der Waals surface area (Å²) in [5.74, 6) is -0.0140. The summed E-state index contributed by atoms with van der Waals surface area (Å²) in [5, 5.41) is 13.2. The molecule has 0 unspecified atom stereocenters. The first-order valence-electron chi connectivity index (χ1n) is 5.94. The second kappa shape index (κ2) is 5.35. The first-order valence-corrected chi connectivity index (χ1v) is 6.32. The van der Waals surface area contributed by atoms with Gasteiger partial charge in [0.15, 0.2) is 5.76 Å². The molecular formula is C15H7ClFN3O. The van der Waals surface area contributed by atoms with Gasteiger partial charge in [0.05, 0.1) is 17.8 Å². The van der Waals surface area contributed by atoms with E-state index in [1.807, 2.05) is 6.07 Å². The molecule has 0 radical (unpaired) electrons. The van der Waals surface area contributed by atoms with Crippen LogP contribution in [0.4, 0.5) is 4.39 Å². The first kappa shape index (κ1) is 13.3. The SMILES string of the molecule is N#Cc1cc(Cl)cc(-c2cc(-c3cncc(F)c3)no2)c1. The number of benzene rings is 1. The van der Waals surface area contributed by atoms with Crippen molar-refractivity contribution in [1.29, 1.82) is 5.26 Å². The number of pyridine rings is 1. The molecule has 21 heavy (non-hydrogen) atoms. The minimum atomic E-state index is -0.452. The lowest BCUT2D eigenvalue weighted by Crippen LogP contribution is -1.82. The van der Waals surface area contributed by atoms with E-state index in [2.05, 4.69) is 10.1 Å². The van der Waals surface area contributed by atoms with Crippen molar-refractivity contribution in [2.24, 2.45) is 0 Å². The minimum Gasteiger partial charge on any atom is -0.356 e. The van der Waals surface area contributed by atoms with E-state index >= 15 is 0 Å². The lowest BCUT2D eigenvalue weighted by molar-refractivity contribution is 0.435. The predicted molar refractivity (Wildman–Crippen MR) is 74.9 cm³/mol. The summed E-state index contributed by atoms with van der Waals surface area (Å²) in [6.45, 7) is 0. The van der Waals surface area contributed by atoms with Crippen molar-refractivity contribution < 1.29 is 8.91 Å². The Morgan fingerprint density at radius 1 is 1.10 bits per heavy atom. The van der Waals surface area contributed by atoms with Gasteiger partial charge < -0.3 is 4.52 Å². The van der Waals surface area contributed by atoms with Gasteiger partial charge >= 0.3 is 0 Å². The molecule has 0 bridgehead atoms. The number of aromatic nitrogens is 2. The topological polar surface area (TPSA) is 62.7 Å². The van der Waals surface area contributed by atoms with Gasteiger partial charge in [-0.05, 0) is 24.3 Å². The molecule has 2 aromatic heterocycles. The highest BCUT2D eigenvalue weighted by Gasteiger charge is 2.11. The lowest BCUT2D eigenvalue weighted by Gasteiger charge is -1.97. The average Bonchev–Trinajstić information content (AvgIpc) is 2.96. The summed E-state index contributed by atoms with van der Waals surface area (Å²) in [6.07, 6.45) is 2.60. The largest absolute Gasteiger partial charge is 0.356 e. The van der Waals surface area contributed by atoms with Crippen LogP contribution in [0.2, 0.25) is 5.02 Å². The average molecular weight is 300 g/mol. The number of hydrogen-bond donors (Lipinski definition) is 0. The Morgan fingerprint density at radius 3 is 2.71 bits per heavy atom. The van der Waals surface area contributed by atoms with Crippen LogP contribution < -0.4 is 0 Å². The standard InChI is InChI=1S/C15H7ClFN3O/c16-12-2-9(6-18)1-10(3-12)15-5-14(20-21-15)11-4-13(17)8-19-7-11/h1-5,7-8H. The highest BCUT2D eigenvalue weighted by Crippen LogP contribution is 2.28. The highest BCUT2D eigenvalue weighted by molar-refractivity contribution is 6.31. The maximum Gasteiger partial charge on any atom is 0.167 e. The second-order valence-electron chi connectivity index (χ2n) is 4.31. The molecule has 0 aliphatic rings. The lowest BCUT2D eigenvalue weighted by atomic mass is 10.1. The van der Waals surface area contributed by atoms with Crippen LogP contribution in [0.15, 0.2) is 47.2 Å². The Labute approximate surface area is 124 Å². The number of nitriles is 1. The Morgan fingerprint density at radius 2 is 1.95 bits per heavy atom. The Kier molecular flexibility index (Phi) is 3.38. The third-order valence-electron chi connectivity index (χ3n) is 2.82. The zero-order valence-electron chi connectivity index (χ0n) is 10.5. The smallest absolute Gasteiger partial charge is 0.167 e. The van der Waals surface area contributed by atoms with Crippen molar-refractivity contribution in [2.75, 3.05) is 0 Å². The molecule has 0 aliphatic carbocycles. The molecular weight excluding hydrogens is 293 g/mol. The molecule has 0 N–H and O–H groups in total. The molecule has 0 saturated heterocycles. The van der Waals surface area contributed by atoms with Crippen LogP contribution in [0.3, 0.4) is 0 Å². The van der Waals surface area contributed by atoms with Crippen LogP contribution >= 0.6 is 11.6 Å². The summed E-state index contributed by atoms with van der Waals surface area (Å²) in [5.41, 5.74) is 2.01. The zero-order chi connectivity index (χ0) is 14.8. The van der Waals surface area contributed by atoms with E-state index in [0.717, 1.165) is 6.20 Å². The summed E-state index contributed by atoms with van der Waals surface area (Å²) in [7, 11) is 0. The third kappa shape index (κ3) is 2.76. The zero-order valence-corrected chi connectivity index (χ0v) is 11.3. The van der Waals surface area contributed by atoms with Gasteiger partial charge in [0.1, 0.15) is 11.5 Å². The van der Waals surface area contributed by atoms with Gasteiger partial charge in [-0.1, -0.05) is 16.8 Å². The predicted octanol–water partition coefficient (Wildman–Crippen LogP) is 4.07. The normalized spacial score (nSPS) is 10.3. The van der Waals surface area contributed by atoms with Crippen molar-refractivity contribution in [3.63, 3.8) is 0 Å². The van der Waals surface area contributed by atoms with Crippen molar-refractivity contribution in [2.45, 2.75) is 0 Å². The fourth-order valence-electron chi connectivity index (χ4n) is 1.90. The fourth-order valence-corrected chi connectivity index (χ4v) is 2.13. The van der Waals surface area contributed by atoms with Gasteiger partial charge in [-0.25, -0.2) is 4.39 Å². The summed E-state index contributed by atoms with van der Waals surface area (Å²) in [6, 6.07) is 9.83. The molecule has 0 spiro atoms. The summed E-state index contributed by atoms with van der Waals surface area (Å²) >= 11 is 5.95. The number of hydrogen-bond acceptors (Lipinski definition) is 4. The molecule has 102 valence electrons. The van der Waals surface area contributed by atoms with Crippen LogP contribution in [-0.4, -0.2) is 10.1 Å². The van der Waals surface area contributed by atoms with E-state index in [4.69, 9.17) is 21.4 Å². The summed E-state index contributed by atoms with van der Waals surface area (Å²) < 4.78 is 18.4. The van der Waals surface area contributed by atoms with Crippen molar-refractivity contribution in [3.05, 3.63) is 59.1 Å².